The van der Waals surface area contributed by atoms with Gasteiger partial charge in [0.05, 0.1) is 0 Å². The highest BCUT2D eigenvalue weighted by Gasteiger charge is 2.30. The average Bonchev–Trinajstić information content (AvgIpc) is 1.96. The number of hydrazine groups is 1. The lowest BCUT2D eigenvalue weighted by Gasteiger charge is -2.27. The van der Waals surface area contributed by atoms with Gasteiger partial charge < -0.3 is 9.47 Å². The summed E-state index contributed by atoms with van der Waals surface area (Å²) in [6, 6.07) is 0. The van der Waals surface area contributed by atoms with Gasteiger partial charge in [-0.3, -0.25) is 0 Å². The molecular formula is C11H22N2O4. The van der Waals surface area contributed by atoms with Crippen molar-refractivity contribution < 1.29 is 19.1 Å². The van der Waals surface area contributed by atoms with Crippen LogP contribution in [0.1, 0.15) is 41.5 Å². The van der Waals surface area contributed by atoms with Crippen LogP contribution in [-0.4, -0.2) is 35.4 Å². The van der Waals surface area contributed by atoms with Gasteiger partial charge in [-0.2, -0.15) is 0 Å². The highest BCUT2D eigenvalue weighted by Crippen LogP contribution is 2.12. The lowest BCUT2D eigenvalue weighted by atomic mass is 10.2. The molecule has 1 N–H and O–H groups in total. The van der Waals surface area contributed by atoms with Crippen molar-refractivity contribution in [1.29, 1.82) is 0 Å². The first-order valence-corrected chi connectivity index (χ1v) is 5.40. The van der Waals surface area contributed by atoms with Gasteiger partial charge in [0.2, 0.25) is 0 Å². The van der Waals surface area contributed by atoms with E-state index in [1.165, 1.54) is 7.05 Å². The number of nitrogens with one attached hydrogen (secondary N) is 1. The Morgan fingerprint density at radius 3 is 1.35 bits per heavy atom. The molecule has 100 valence electrons. The Hall–Kier alpha value is -1.30. The van der Waals surface area contributed by atoms with Gasteiger partial charge in [-0.1, -0.05) is 0 Å². The van der Waals surface area contributed by atoms with E-state index in [-0.39, 0.29) is 0 Å². The van der Waals surface area contributed by atoms with Gasteiger partial charge in [0, 0.05) is 7.05 Å². The molecule has 0 spiro atoms. The van der Waals surface area contributed by atoms with Crippen molar-refractivity contribution in [3.63, 3.8) is 0 Å². The number of rotatable bonds is 1. The van der Waals surface area contributed by atoms with Gasteiger partial charge in [0.15, 0.2) is 0 Å². The van der Waals surface area contributed by atoms with Crippen LogP contribution >= 0.6 is 0 Å². The van der Waals surface area contributed by atoms with E-state index in [0.29, 0.717) is 5.01 Å². The Morgan fingerprint density at radius 2 is 1.18 bits per heavy atom. The number of carbonyl (C=O) groups is 2. The third-order valence-electron chi connectivity index (χ3n) is 1.38. The molecular weight excluding hydrogens is 224 g/mol. The second-order valence-electron chi connectivity index (χ2n) is 5.52. The molecule has 0 aromatic heterocycles. The molecule has 0 aromatic rings. The predicted octanol–water partition coefficient (Wildman–Crippen LogP) is 2.29. The van der Waals surface area contributed by atoms with E-state index in [1.807, 2.05) is 0 Å². The summed E-state index contributed by atoms with van der Waals surface area (Å²) in [6.45, 7) is 10.3. The van der Waals surface area contributed by atoms with Crippen molar-refractivity contribution >= 4 is 12.2 Å². The largest absolute Gasteiger partial charge is 0.442 e. The Morgan fingerprint density at radius 1 is 0.882 bits per heavy atom. The number of carbonyl (C=O) groups excluding carboxylic acids is 2. The standard InChI is InChI=1S/C11H22N2O4/c1-10(2,3)16-8(14)13(12-7)9(15)17-11(4,5)6/h12H,1-7H3. The summed E-state index contributed by atoms with van der Waals surface area (Å²) in [6.07, 6.45) is -1.59. The van der Waals surface area contributed by atoms with Crippen LogP contribution in [0.5, 0.6) is 0 Å². The SMILES string of the molecule is CNN(C(=O)OC(C)(C)C)C(=O)OC(C)(C)C. The molecule has 17 heavy (non-hydrogen) atoms. The first kappa shape index (κ1) is 15.7. The molecule has 6 nitrogen and oxygen atoms in total. The third kappa shape index (κ3) is 6.78. The maximum absolute atomic E-state index is 11.7. The van der Waals surface area contributed by atoms with Crippen LogP contribution in [0.4, 0.5) is 9.59 Å². The Labute approximate surface area is 102 Å². The van der Waals surface area contributed by atoms with Crippen LogP contribution in [0, 0.1) is 0 Å². The molecule has 0 radical (unpaired) electrons. The summed E-state index contributed by atoms with van der Waals surface area (Å²) in [5.74, 6) is 0. The van der Waals surface area contributed by atoms with Gasteiger partial charge >= 0.3 is 12.2 Å². The molecule has 0 aliphatic carbocycles. The second-order valence-corrected chi connectivity index (χ2v) is 5.52. The summed E-state index contributed by atoms with van der Waals surface area (Å²) < 4.78 is 10.1. The summed E-state index contributed by atoms with van der Waals surface area (Å²) >= 11 is 0. The summed E-state index contributed by atoms with van der Waals surface area (Å²) in [5, 5.41) is 0.691. The molecule has 0 rings (SSSR count). The van der Waals surface area contributed by atoms with E-state index < -0.39 is 23.4 Å². The highest BCUT2D eigenvalue weighted by atomic mass is 16.6. The molecule has 0 aliphatic heterocycles. The Kier molecular flexibility index (Phi) is 4.94. The molecule has 0 atom stereocenters. The fourth-order valence-corrected chi connectivity index (χ4v) is 0.872. The van der Waals surface area contributed by atoms with Crippen LogP contribution in [0.25, 0.3) is 0 Å². The van der Waals surface area contributed by atoms with Crippen molar-refractivity contribution in [3.8, 4) is 0 Å². The Bertz CT molecular complexity index is 261. The van der Waals surface area contributed by atoms with Gasteiger partial charge in [-0.25, -0.2) is 15.0 Å². The molecule has 0 saturated heterocycles. The fourth-order valence-electron chi connectivity index (χ4n) is 0.872. The number of imide groups is 1. The summed E-state index contributed by atoms with van der Waals surface area (Å²) in [4.78, 5) is 23.3. The van der Waals surface area contributed by atoms with Crippen molar-refractivity contribution in [2.45, 2.75) is 52.7 Å². The van der Waals surface area contributed by atoms with E-state index in [0.717, 1.165) is 0 Å². The first-order valence-electron chi connectivity index (χ1n) is 5.40. The van der Waals surface area contributed by atoms with Crippen molar-refractivity contribution in [2.75, 3.05) is 7.05 Å². The van der Waals surface area contributed by atoms with Crippen LogP contribution < -0.4 is 5.43 Å². The smallest absolute Gasteiger partial charge is 0.434 e. The average molecular weight is 246 g/mol. The fraction of sp³-hybridized carbons (Fsp3) is 0.818. The minimum atomic E-state index is -0.797. The minimum absolute atomic E-state index is 0.672. The monoisotopic (exact) mass is 246 g/mol. The van der Waals surface area contributed by atoms with E-state index >= 15 is 0 Å². The van der Waals surface area contributed by atoms with Crippen LogP contribution in [0.2, 0.25) is 0 Å². The molecule has 0 aliphatic rings. The molecule has 6 heteroatoms. The predicted molar refractivity (Wildman–Crippen MR) is 63.4 cm³/mol. The van der Waals surface area contributed by atoms with E-state index in [1.54, 1.807) is 41.5 Å². The van der Waals surface area contributed by atoms with E-state index in [9.17, 15) is 9.59 Å². The third-order valence-corrected chi connectivity index (χ3v) is 1.38. The number of ether oxygens (including phenoxy) is 2. The van der Waals surface area contributed by atoms with Crippen molar-refractivity contribution in [2.24, 2.45) is 0 Å². The molecule has 0 heterocycles. The van der Waals surface area contributed by atoms with Gasteiger partial charge in [-0.15, -0.1) is 5.01 Å². The zero-order valence-electron chi connectivity index (χ0n) is 11.6. The number of hydrogen-bond acceptors (Lipinski definition) is 5. The van der Waals surface area contributed by atoms with E-state index in [4.69, 9.17) is 9.47 Å². The van der Waals surface area contributed by atoms with Gasteiger partial charge in [0.1, 0.15) is 11.2 Å². The molecule has 0 bridgehead atoms. The molecule has 0 saturated carbocycles. The highest BCUT2D eigenvalue weighted by molar-refractivity contribution is 5.87. The minimum Gasteiger partial charge on any atom is -0.442 e. The van der Waals surface area contributed by atoms with Crippen LogP contribution in [-0.2, 0) is 9.47 Å². The van der Waals surface area contributed by atoms with Gasteiger partial charge in [0.25, 0.3) is 0 Å². The molecule has 0 fully saturated rings. The quantitative estimate of drug-likeness (QED) is 0.719. The lowest BCUT2D eigenvalue weighted by molar-refractivity contribution is -0.00744. The second kappa shape index (κ2) is 5.35. The number of amides is 2. The maximum Gasteiger partial charge on any atom is 0.434 e. The summed E-state index contributed by atoms with van der Waals surface area (Å²) in [7, 11) is 1.44. The number of hydrogen-bond donors (Lipinski definition) is 1. The maximum atomic E-state index is 11.7. The topological polar surface area (TPSA) is 67.9 Å². The lowest BCUT2D eigenvalue weighted by Crippen LogP contribution is -2.49. The van der Waals surface area contributed by atoms with Crippen LogP contribution in [0.15, 0.2) is 0 Å². The first-order chi connectivity index (χ1) is 7.46. The summed E-state index contributed by atoms with van der Waals surface area (Å²) in [5.41, 5.74) is 1.09. The van der Waals surface area contributed by atoms with E-state index in [2.05, 4.69) is 5.43 Å². The zero-order valence-corrected chi connectivity index (χ0v) is 11.6. The van der Waals surface area contributed by atoms with Crippen molar-refractivity contribution in [3.05, 3.63) is 0 Å². The zero-order chi connectivity index (χ0) is 13.9. The van der Waals surface area contributed by atoms with Gasteiger partial charge in [-0.05, 0) is 41.5 Å². The Balaban J connectivity index is 4.62. The molecule has 0 unspecified atom stereocenters. The molecule has 2 amide bonds. The van der Waals surface area contributed by atoms with Crippen molar-refractivity contribution in [1.82, 2.24) is 10.4 Å². The molecule has 0 aromatic carbocycles. The number of nitrogens with zero attached hydrogens (tertiary/aromatic N) is 1. The van der Waals surface area contributed by atoms with Crippen LogP contribution in [0.3, 0.4) is 0 Å². The normalized spacial score (nSPS) is 11.9.